The largest absolute Gasteiger partial charge is 0.325 e. The quantitative estimate of drug-likeness (QED) is 0.450. The van der Waals surface area contributed by atoms with E-state index in [0.29, 0.717) is 11.3 Å². The summed E-state index contributed by atoms with van der Waals surface area (Å²) in [6, 6.07) is 21.2. The molecule has 1 saturated heterocycles. The third kappa shape index (κ3) is 3.76. The predicted octanol–water partition coefficient (Wildman–Crippen LogP) is 3.98. The summed E-state index contributed by atoms with van der Waals surface area (Å²) in [6.45, 7) is 1.80. The number of nitro groups is 1. The number of nitrogens with one attached hydrogen (secondary N) is 1. The highest BCUT2D eigenvalue weighted by Gasteiger charge is 2.57. The van der Waals surface area contributed by atoms with Gasteiger partial charge in [-0.15, -0.1) is 0 Å². The van der Waals surface area contributed by atoms with Crippen LogP contribution in [0.2, 0.25) is 0 Å². The van der Waals surface area contributed by atoms with Crippen LogP contribution in [0, 0.1) is 16.0 Å². The third-order valence-corrected chi connectivity index (χ3v) is 7.52. The van der Waals surface area contributed by atoms with Gasteiger partial charge in [-0.1, -0.05) is 67.6 Å². The van der Waals surface area contributed by atoms with Crippen LogP contribution in [0.1, 0.15) is 18.5 Å². The van der Waals surface area contributed by atoms with E-state index in [9.17, 15) is 23.3 Å². The lowest BCUT2D eigenvalue weighted by Gasteiger charge is -2.51. The molecular weight excluding hydrogens is 430 g/mol. The molecule has 3 aromatic rings. The number of carbonyl (C=O) groups is 1. The molecule has 164 valence electrons. The fourth-order valence-corrected chi connectivity index (χ4v) is 6.22. The third-order valence-electron chi connectivity index (χ3n) is 5.61. The number of hydrogen-bond donors (Lipinski definition) is 1. The van der Waals surface area contributed by atoms with Crippen molar-refractivity contribution in [3.8, 4) is 0 Å². The molecule has 3 aromatic carbocycles. The number of amides is 1. The molecule has 1 N–H and O–H groups in total. The van der Waals surface area contributed by atoms with Crippen molar-refractivity contribution in [3.05, 3.63) is 101 Å². The van der Waals surface area contributed by atoms with Gasteiger partial charge in [-0.05, 0) is 23.8 Å². The second-order valence-corrected chi connectivity index (χ2v) is 9.39. The van der Waals surface area contributed by atoms with E-state index in [1.165, 1.54) is 18.2 Å². The molecule has 0 aliphatic carbocycles. The molecule has 32 heavy (non-hydrogen) atoms. The lowest BCUT2D eigenvalue weighted by Crippen LogP contribution is -2.64. The van der Waals surface area contributed by atoms with Crippen LogP contribution < -0.4 is 5.32 Å². The van der Waals surface area contributed by atoms with Crippen molar-refractivity contribution in [2.24, 2.45) is 5.92 Å². The summed E-state index contributed by atoms with van der Waals surface area (Å²) in [7, 11) is -4.36. The molecule has 0 saturated carbocycles. The van der Waals surface area contributed by atoms with Crippen LogP contribution in [-0.4, -0.2) is 29.6 Å². The van der Waals surface area contributed by atoms with Crippen molar-refractivity contribution >= 4 is 27.3 Å². The summed E-state index contributed by atoms with van der Waals surface area (Å²) in [5, 5.41) is 14.3. The van der Waals surface area contributed by atoms with Crippen LogP contribution >= 0.6 is 0 Å². The van der Waals surface area contributed by atoms with Crippen LogP contribution in [0.4, 0.5) is 11.4 Å². The Balaban J connectivity index is 1.78. The normalized spacial score (nSPS) is 20.8. The Morgan fingerprint density at radius 3 is 2.12 bits per heavy atom. The van der Waals surface area contributed by atoms with E-state index < -0.39 is 43.5 Å². The molecule has 9 heteroatoms. The molecule has 8 nitrogen and oxygen atoms in total. The summed E-state index contributed by atoms with van der Waals surface area (Å²) in [6.07, 6.45) is 0. The Kier molecular flexibility index (Phi) is 5.77. The van der Waals surface area contributed by atoms with E-state index in [-0.39, 0.29) is 5.92 Å². The summed E-state index contributed by atoms with van der Waals surface area (Å²) < 4.78 is 28.4. The zero-order chi connectivity index (χ0) is 22.9. The number of nitrogens with zero attached hydrogens (tertiary/aromatic N) is 2. The Morgan fingerprint density at radius 1 is 0.938 bits per heavy atom. The van der Waals surface area contributed by atoms with Crippen LogP contribution in [0.5, 0.6) is 0 Å². The SMILES string of the molecule is C[C@@H]1[C@H](C(=O)Nc2ccccc2)N(S(=O)(=O)c2ccccc2[N+](=O)[O-])[C@H]1c1ccccc1. The number of nitro benzene ring substituents is 1. The number of sulfonamides is 1. The van der Waals surface area contributed by atoms with Gasteiger partial charge in [-0.3, -0.25) is 14.9 Å². The number of rotatable bonds is 6. The lowest BCUT2D eigenvalue weighted by molar-refractivity contribution is -0.387. The van der Waals surface area contributed by atoms with E-state index in [1.54, 1.807) is 61.5 Å². The van der Waals surface area contributed by atoms with E-state index in [4.69, 9.17) is 0 Å². The first-order valence-electron chi connectivity index (χ1n) is 10.00. The molecule has 0 bridgehead atoms. The summed E-state index contributed by atoms with van der Waals surface area (Å²) >= 11 is 0. The number of benzene rings is 3. The average molecular weight is 452 g/mol. The monoisotopic (exact) mass is 451 g/mol. The zero-order valence-corrected chi connectivity index (χ0v) is 18.0. The van der Waals surface area contributed by atoms with E-state index in [1.807, 2.05) is 6.07 Å². The maximum Gasteiger partial charge on any atom is 0.289 e. The molecule has 1 heterocycles. The number of anilines is 1. The highest BCUT2D eigenvalue weighted by atomic mass is 32.2. The van der Waals surface area contributed by atoms with E-state index in [2.05, 4.69) is 5.32 Å². The van der Waals surface area contributed by atoms with Gasteiger partial charge in [0.15, 0.2) is 4.90 Å². The van der Waals surface area contributed by atoms with Crippen LogP contribution in [0.25, 0.3) is 0 Å². The summed E-state index contributed by atoms with van der Waals surface area (Å²) in [5.74, 6) is -0.836. The molecule has 0 aromatic heterocycles. The first kappa shape index (κ1) is 21.7. The van der Waals surface area contributed by atoms with Crippen LogP contribution in [-0.2, 0) is 14.8 Å². The van der Waals surface area contributed by atoms with Crippen molar-refractivity contribution < 1.29 is 18.1 Å². The number of hydrogen-bond acceptors (Lipinski definition) is 5. The van der Waals surface area contributed by atoms with Crippen LogP contribution in [0.15, 0.2) is 89.8 Å². The minimum Gasteiger partial charge on any atom is -0.325 e. The van der Waals surface area contributed by atoms with Crippen LogP contribution in [0.3, 0.4) is 0 Å². The van der Waals surface area contributed by atoms with Gasteiger partial charge in [-0.2, -0.15) is 4.31 Å². The fraction of sp³-hybridized carbons (Fsp3) is 0.174. The highest BCUT2D eigenvalue weighted by Crippen LogP contribution is 2.48. The minimum atomic E-state index is -4.36. The molecule has 1 aliphatic heterocycles. The maximum absolute atomic E-state index is 13.7. The number of carbonyl (C=O) groups excluding carboxylic acids is 1. The topological polar surface area (TPSA) is 110 Å². The van der Waals surface area contributed by atoms with Crippen molar-refractivity contribution in [3.63, 3.8) is 0 Å². The first-order valence-corrected chi connectivity index (χ1v) is 11.4. The Labute approximate surface area is 185 Å². The Morgan fingerprint density at radius 2 is 1.50 bits per heavy atom. The molecule has 1 aliphatic rings. The van der Waals surface area contributed by atoms with Gasteiger partial charge in [0.05, 0.1) is 11.0 Å². The molecule has 3 atom stereocenters. The van der Waals surface area contributed by atoms with Gasteiger partial charge in [0.25, 0.3) is 15.7 Å². The van der Waals surface area contributed by atoms with E-state index >= 15 is 0 Å². The molecule has 0 unspecified atom stereocenters. The second kappa shape index (κ2) is 8.52. The molecular formula is C23H21N3O5S. The second-order valence-electron chi connectivity index (χ2n) is 7.57. The van der Waals surface area contributed by atoms with Crippen molar-refractivity contribution in [2.75, 3.05) is 5.32 Å². The molecule has 1 amide bonds. The first-order chi connectivity index (χ1) is 15.3. The Bertz CT molecular complexity index is 1250. The van der Waals surface area contributed by atoms with Gasteiger partial charge in [-0.25, -0.2) is 8.42 Å². The average Bonchev–Trinajstić information content (AvgIpc) is 2.78. The lowest BCUT2D eigenvalue weighted by atomic mass is 9.79. The van der Waals surface area contributed by atoms with Gasteiger partial charge >= 0.3 is 0 Å². The molecule has 1 fully saturated rings. The Hall–Kier alpha value is -3.56. The molecule has 0 spiro atoms. The van der Waals surface area contributed by atoms with Gasteiger partial charge in [0.1, 0.15) is 6.04 Å². The predicted molar refractivity (Wildman–Crippen MR) is 119 cm³/mol. The highest BCUT2D eigenvalue weighted by molar-refractivity contribution is 7.89. The van der Waals surface area contributed by atoms with Crippen molar-refractivity contribution in [1.82, 2.24) is 4.31 Å². The van der Waals surface area contributed by atoms with Gasteiger partial charge in [0, 0.05) is 17.7 Å². The standard InChI is InChI=1S/C23H21N3O5S/c1-16-21(17-10-4-2-5-11-17)25(22(16)23(27)24-18-12-6-3-7-13-18)32(30,31)20-15-9-8-14-19(20)26(28)29/h2-16,21-22H,1H3,(H,24,27)/t16-,21+,22+/m0/s1. The van der Waals surface area contributed by atoms with Gasteiger partial charge < -0.3 is 5.32 Å². The summed E-state index contributed by atoms with van der Waals surface area (Å²) in [5.41, 5.74) is 0.725. The molecule has 0 radical (unpaired) electrons. The van der Waals surface area contributed by atoms with E-state index in [0.717, 1.165) is 10.4 Å². The number of para-hydroxylation sites is 2. The van der Waals surface area contributed by atoms with Crippen molar-refractivity contribution in [2.45, 2.75) is 23.9 Å². The smallest absolute Gasteiger partial charge is 0.289 e. The minimum absolute atomic E-state index is 0.348. The maximum atomic E-state index is 13.7. The summed E-state index contributed by atoms with van der Waals surface area (Å²) in [4.78, 5) is 23.5. The van der Waals surface area contributed by atoms with Crippen molar-refractivity contribution in [1.29, 1.82) is 0 Å². The fourth-order valence-electron chi connectivity index (χ4n) is 4.14. The molecule has 4 rings (SSSR count). The van der Waals surface area contributed by atoms with Gasteiger partial charge in [0.2, 0.25) is 5.91 Å². The zero-order valence-electron chi connectivity index (χ0n) is 17.2.